The quantitative estimate of drug-likeness (QED) is 0.890. The molecular formula is C13H19N3O3S. The molecule has 0 aliphatic carbocycles. The summed E-state index contributed by atoms with van der Waals surface area (Å²) >= 11 is 1.49. The molecule has 110 valence electrons. The number of carboxylic acid groups (broad SMARTS) is 1. The number of nitrogens with zero attached hydrogens (tertiary/aromatic N) is 2. The first-order valence-electron chi connectivity index (χ1n) is 6.69. The predicted molar refractivity (Wildman–Crippen MR) is 75.7 cm³/mol. The maximum Gasteiger partial charge on any atom is 0.329 e. The number of thiazole rings is 1. The van der Waals surface area contributed by atoms with Crippen molar-refractivity contribution < 1.29 is 14.7 Å². The summed E-state index contributed by atoms with van der Waals surface area (Å²) in [6.45, 7) is 4.54. The second-order valence-electron chi connectivity index (χ2n) is 4.99. The summed E-state index contributed by atoms with van der Waals surface area (Å²) < 4.78 is 0. The second-order valence-corrected chi connectivity index (χ2v) is 5.93. The smallest absolute Gasteiger partial charge is 0.329 e. The van der Waals surface area contributed by atoms with Crippen LogP contribution in [0.2, 0.25) is 0 Å². The number of amides is 2. The maximum absolute atomic E-state index is 12.2. The van der Waals surface area contributed by atoms with Gasteiger partial charge in [-0.05, 0) is 26.2 Å². The van der Waals surface area contributed by atoms with Crippen molar-refractivity contribution in [2.24, 2.45) is 0 Å². The number of aliphatic carboxylic acids is 1. The first-order chi connectivity index (χ1) is 9.49. The first kappa shape index (κ1) is 14.8. The van der Waals surface area contributed by atoms with E-state index in [4.69, 9.17) is 0 Å². The molecule has 6 nitrogen and oxygen atoms in total. The number of carbonyl (C=O) groups excluding carboxylic acids is 1. The van der Waals surface area contributed by atoms with E-state index in [9.17, 15) is 14.7 Å². The van der Waals surface area contributed by atoms with Gasteiger partial charge in [0.25, 0.3) is 0 Å². The van der Waals surface area contributed by atoms with Gasteiger partial charge in [-0.15, -0.1) is 11.3 Å². The number of hydrogen-bond acceptors (Lipinski definition) is 4. The molecular weight excluding hydrogens is 278 g/mol. The van der Waals surface area contributed by atoms with Crippen molar-refractivity contribution in [3.05, 3.63) is 16.1 Å². The van der Waals surface area contributed by atoms with Crippen molar-refractivity contribution in [3.63, 3.8) is 0 Å². The summed E-state index contributed by atoms with van der Waals surface area (Å²) in [4.78, 5) is 29.5. The van der Waals surface area contributed by atoms with Crippen LogP contribution >= 0.6 is 11.3 Å². The van der Waals surface area contributed by atoms with E-state index in [-0.39, 0.29) is 6.03 Å². The van der Waals surface area contributed by atoms with Crippen molar-refractivity contribution in [2.45, 2.75) is 45.2 Å². The molecule has 0 bridgehead atoms. The Hall–Kier alpha value is -1.63. The Morgan fingerprint density at radius 2 is 2.35 bits per heavy atom. The molecule has 2 N–H and O–H groups in total. The monoisotopic (exact) mass is 297 g/mol. The second kappa shape index (κ2) is 5.78. The van der Waals surface area contributed by atoms with Gasteiger partial charge in [0.2, 0.25) is 0 Å². The average Bonchev–Trinajstić information content (AvgIpc) is 3.02. The standard InChI is InChI=1S/C13H19N3O3S/c1-3-13(11(17)18)5-4-6-16(13)12(19)14-7-10-15-9(2)8-20-10/h8H,3-7H2,1-2H3,(H,14,19)(H,17,18). The molecule has 0 spiro atoms. The Bertz CT molecular complexity index is 517. The van der Waals surface area contributed by atoms with Crippen molar-refractivity contribution in [2.75, 3.05) is 6.54 Å². The topological polar surface area (TPSA) is 82.5 Å². The summed E-state index contributed by atoms with van der Waals surface area (Å²) in [5.41, 5.74) is -0.128. The molecule has 0 saturated carbocycles. The van der Waals surface area contributed by atoms with Crippen LogP contribution in [-0.2, 0) is 11.3 Å². The lowest BCUT2D eigenvalue weighted by molar-refractivity contribution is -0.148. The lowest BCUT2D eigenvalue weighted by Crippen LogP contribution is -2.55. The average molecular weight is 297 g/mol. The minimum atomic E-state index is -1.05. The highest BCUT2D eigenvalue weighted by atomic mass is 32.1. The van der Waals surface area contributed by atoms with Gasteiger partial charge in [-0.2, -0.15) is 0 Å². The Labute approximate surface area is 121 Å². The Morgan fingerprint density at radius 3 is 2.90 bits per heavy atom. The molecule has 7 heteroatoms. The third-order valence-electron chi connectivity index (χ3n) is 3.77. The molecule has 1 aliphatic rings. The molecule has 1 saturated heterocycles. The summed E-state index contributed by atoms with van der Waals surface area (Å²) in [5.74, 6) is -0.919. The van der Waals surface area contributed by atoms with Crippen molar-refractivity contribution in [1.82, 2.24) is 15.2 Å². The number of hydrogen-bond donors (Lipinski definition) is 2. The van der Waals surface area contributed by atoms with Crippen LogP contribution in [0.1, 0.15) is 36.9 Å². The molecule has 1 aromatic heterocycles. The van der Waals surface area contributed by atoms with Gasteiger partial charge in [-0.25, -0.2) is 14.6 Å². The summed E-state index contributed by atoms with van der Waals surface area (Å²) in [5, 5.41) is 15.0. The van der Waals surface area contributed by atoms with Crippen LogP contribution in [0.25, 0.3) is 0 Å². The zero-order valence-corrected chi connectivity index (χ0v) is 12.5. The molecule has 20 heavy (non-hydrogen) atoms. The molecule has 1 aliphatic heterocycles. The van der Waals surface area contributed by atoms with Gasteiger partial charge in [-0.1, -0.05) is 6.92 Å². The van der Waals surface area contributed by atoms with E-state index in [1.807, 2.05) is 19.2 Å². The predicted octanol–water partition coefficient (Wildman–Crippen LogP) is 1.99. The minimum Gasteiger partial charge on any atom is -0.479 e. The van der Waals surface area contributed by atoms with Gasteiger partial charge in [0.1, 0.15) is 10.5 Å². The number of rotatable bonds is 4. The molecule has 2 rings (SSSR count). The van der Waals surface area contributed by atoms with Crippen molar-refractivity contribution >= 4 is 23.3 Å². The van der Waals surface area contributed by atoms with E-state index in [0.717, 1.165) is 17.1 Å². The van der Waals surface area contributed by atoms with Gasteiger partial charge in [-0.3, -0.25) is 0 Å². The van der Waals surface area contributed by atoms with Crippen LogP contribution in [0, 0.1) is 6.92 Å². The fourth-order valence-electron chi connectivity index (χ4n) is 2.65. The van der Waals surface area contributed by atoms with Crippen LogP contribution in [0.15, 0.2) is 5.38 Å². The maximum atomic E-state index is 12.2. The fourth-order valence-corrected chi connectivity index (χ4v) is 3.36. The van der Waals surface area contributed by atoms with Crippen LogP contribution in [0.3, 0.4) is 0 Å². The largest absolute Gasteiger partial charge is 0.479 e. The number of carboxylic acids is 1. The highest BCUT2D eigenvalue weighted by Gasteiger charge is 2.48. The lowest BCUT2D eigenvalue weighted by Gasteiger charge is -2.33. The van der Waals surface area contributed by atoms with Gasteiger partial charge < -0.3 is 15.3 Å². The van der Waals surface area contributed by atoms with Crippen molar-refractivity contribution in [1.29, 1.82) is 0 Å². The number of aromatic nitrogens is 1. The van der Waals surface area contributed by atoms with E-state index in [1.54, 1.807) is 0 Å². The van der Waals surface area contributed by atoms with Gasteiger partial charge in [0, 0.05) is 17.6 Å². The third-order valence-corrected chi connectivity index (χ3v) is 4.74. The molecule has 0 radical (unpaired) electrons. The Kier molecular flexibility index (Phi) is 4.27. The Balaban J connectivity index is 2.02. The number of carbonyl (C=O) groups is 2. The van der Waals surface area contributed by atoms with Gasteiger partial charge in [0.15, 0.2) is 0 Å². The molecule has 1 aromatic rings. The van der Waals surface area contributed by atoms with Crippen LogP contribution in [0.4, 0.5) is 4.79 Å². The summed E-state index contributed by atoms with van der Waals surface area (Å²) in [7, 11) is 0. The number of aryl methyl sites for hydroxylation is 1. The van der Waals surface area contributed by atoms with Crippen LogP contribution in [0.5, 0.6) is 0 Å². The molecule has 2 heterocycles. The molecule has 1 unspecified atom stereocenters. The summed E-state index contributed by atoms with van der Waals surface area (Å²) in [6.07, 6.45) is 1.67. The molecule has 2 amide bonds. The van der Waals surface area contributed by atoms with Crippen LogP contribution in [-0.4, -0.2) is 39.1 Å². The normalized spacial score (nSPS) is 22.0. The van der Waals surface area contributed by atoms with Crippen molar-refractivity contribution in [3.8, 4) is 0 Å². The highest BCUT2D eigenvalue weighted by Crippen LogP contribution is 2.32. The number of urea groups is 1. The summed E-state index contributed by atoms with van der Waals surface area (Å²) in [6, 6.07) is -0.320. The fraction of sp³-hybridized carbons (Fsp3) is 0.615. The zero-order chi connectivity index (χ0) is 14.8. The molecule has 1 fully saturated rings. The first-order valence-corrected chi connectivity index (χ1v) is 7.57. The minimum absolute atomic E-state index is 0.320. The molecule has 1 atom stereocenters. The van der Waals surface area contributed by atoms with Crippen LogP contribution < -0.4 is 5.32 Å². The van der Waals surface area contributed by atoms with E-state index < -0.39 is 11.5 Å². The number of likely N-dealkylation sites (tertiary alicyclic amines) is 1. The van der Waals surface area contributed by atoms with Gasteiger partial charge in [0.05, 0.1) is 6.54 Å². The van der Waals surface area contributed by atoms with E-state index >= 15 is 0 Å². The van der Waals surface area contributed by atoms with Gasteiger partial charge >= 0.3 is 12.0 Å². The third kappa shape index (κ3) is 2.63. The Morgan fingerprint density at radius 1 is 1.60 bits per heavy atom. The zero-order valence-electron chi connectivity index (χ0n) is 11.7. The molecule has 0 aromatic carbocycles. The SMILES string of the molecule is CCC1(C(=O)O)CCCN1C(=O)NCc1nc(C)cs1. The number of nitrogens with one attached hydrogen (secondary N) is 1. The van der Waals surface area contributed by atoms with E-state index in [1.165, 1.54) is 16.2 Å². The highest BCUT2D eigenvalue weighted by molar-refractivity contribution is 7.09. The van der Waals surface area contributed by atoms with E-state index in [2.05, 4.69) is 10.3 Å². The van der Waals surface area contributed by atoms with E-state index in [0.29, 0.717) is 25.9 Å². The lowest BCUT2D eigenvalue weighted by atomic mass is 9.93.